The molecule has 6 rings (SSSR count). The van der Waals surface area contributed by atoms with Crippen molar-refractivity contribution in [2.45, 2.75) is 128 Å². The minimum absolute atomic E-state index is 0.0383. The van der Waals surface area contributed by atoms with E-state index in [0.717, 1.165) is 22.3 Å². The van der Waals surface area contributed by atoms with Crippen molar-refractivity contribution in [1.82, 2.24) is 16.0 Å². The predicted octanol–water partition coefficient (Wildman–Crippen LogP) is 8.62. The van der Waals surface area contributed by atoms with Crippen LogP contribution in [0.5, 0.6) is 0 Å². The normalized spacial score (nSPS) is 19.6. The molecular formula is C56H67N3O11. The topological polar surface area (TPSA) is 169 Å². The van der Waals surface area contributed by atoms with E-state index in [1.807, 2.05) is 121 Å². The van der Waals surface area contributed by atoms with Gasteiger partial charge >= 0.3 is 12.1 Å². The molecule has 3 N–H and O–H groups in total. The summed E-state index contributed by atoms with van der Waals surface area (Å²) in [6.45, 7) is 10.7. The lowest BCUT2D eigenvalue weighted by atomic mass is 9.86. The summed E-state index contributed by atoms with van der Waals surface area (Å²) < 4.78 is 45.5. The minimum Gasteiger partial charge on any atom is -0.458 e. The average Bonchev–Trinajstić information content (AvgIpc) is 3.33. The van der Waals surface area contributed by atoms with Gasteiger partial charge in [0.25, 0.3) is 5.91 Å². The third-order valence-corrected chi connectivity index (χ3v) is 11.0. The highest BCUT2D eigenvalue weighted by molar-refractivity contribution is 5.95. The van der Waals surface area contributed by atoms with E-state index in [2.05, 4.69) is 16.0 Å². The predicted molar refractivity (Wildman–Crippen MR) is 264 cm³/mol. The molecule has 3 amide bonds. The van der Waals surface area contributed by atoms with Crippen molar-refractivity contribution in [2.24, 2.45) is 0 Å². The van der Waals surface area contributed by atoms with Crippen LogP contribution in [0.3, 0.4) is 0 Å². The van der Waals surface area contributed by atoms with E-state index in [1.165, 1.54) is 0 Å². The Balaban J connectivity index is 1.40. The van der Waals surface area contributed by atoms with Gasteiger partial charge in [0.1, 0.15) is 41.7 Å². The van der Waals surface area contributed by atoms with Gasteiger partial charge in [0.05, 0.1) is 39.5 Å². The number of ether oxygens (including phenoxy) is 7. The molecule has 0 aliphatic carbocycles. The number of amides is 3. The molecule has 0 saturated carbocycles. The smallest absolute Gasteiger partial charge is 0.408 e. The lowest BCUT2D eigenvalue weighted by Gasteiger charge is -2.52. The SMILES string of the molecule is CC(C)(C)OC(=O)N[C@@H](CCNC(=O)C[C@]1(NC(=O)c2ccccc2)O[C@H](COCc2ccccc2)[C@@H](OCc2ccccc2)[C@H](OCc2ccccc2)[C@H]1OCc1ccccc1)C(=O)OC(C)(C)C. The molecule has 1 aliphatic heterocycles. The summed E-state index contributed by atoms with van der Waals surface area (Å²) in [6.07, 6.45) is -5.41. The Morgan fingerprint density at radius 3 is 1.54 bits per heavy atom. The van der Waals surface area contributed by atoms with Crippen LogP contribution in [0.25, 0.3) is 0 Å². The minimum atomic E-state index is -1.94. The molecule has 14 heteroatoms. The van der Waals surface area contributed by atoms with E-state index >= 15 is 0 Å². The molecule has 372 valence electrons. The van der Waals surface area contributed by atoms with Gasteiger partial charge in [-0.1, -0.05) is 140 Å². The first-order valence-corrected chi connectivity index (χ1v) is 23.7. The van der Waals surface area contributed by atoms with Crippen molar-refractivity contribution in [3.05, 3.63) is 179 Å². The molecular weight excluding hydrogens is 891 g/mol. The van der Waals surface area contributed by atoms with E-state index in [1.54, 1.807) is 71.9 Å². The number of alkyl carbamates (subject to hydrolysis) is 1. The van der Waals surface area contributed by atoms with Crippen molar-refractivity contribution in [2.75, 3.05) is 13.2 Å². The first-order valence-electron chi connectivity index (χ1n) is 23.7. The van der Waals surface area contributed by atoms with E-state index in [9.17, 15) is 19.2 Å². The number of hydrogen-bond donors (Lipinski definition) is 3. The van der Waals surface area contributed by atoms with Crippen molar-refractivity contribution in [1.29, 1.82) is 0 Å². The van der Waals surface area contributed by atoms with Gasteiger partial charge in [0.2, 0.25) is 5.91 Å². The van der Waals surface area contributed by atoms with Crippen LogP contribution in [0.4, 0.5) is 4.79 Å². The van der Waals surface area contributed by atoms with Gasteiger partial charge in [0.15, 0.2) is 5.72 Å². The standard InChI is InChI=1S/C56H67N3O11/c1-54(2,3)69-52(62)45(58-53(63)70-55(4,5)6)32-33-57-47(60)34-56(59-51(61)44-30-20-11-21-31-44)50(67-38-43-28-18-10-19-29-43)49(66-37-42-26-16-9-17-27-42)48(65-36-41-24-14-8-15-25-41)46(68-56)39-64-35-40-22-12-7-13-23-40/h7-31,45-46,48-50H,32-39H2,1-6H3,(H,57,60)(H,58,63)(H,59,61)/t45-,46+,48+,49-,50+,56-/m0/s1. The first kappa shape index (κ1) is 52.9. The van der Waals surface area contributed by atoms with Crippen molar-refractivity contribution in [3.8, 4) is 0 Å². The number of carbonyl (C=O) groups is 4. The first-order chi connectivity index (χ1) is 33.6. The second-order valence-corrected chi connectivity index (χ2v) is 19.2. The molecule has 0 radical (unpaired) electrons. The molecule has 6 atom stereocenters. The van der Waals surface area contributed by atoms with Crippen LogP contribution >= 0.6 is 0 Å². The summed E-state index contributed by atoms with van der Waals surface area (Å²) in [5, 5.41) is 8.65. The van der Waals surface area contributed by atoms with Gasteiger partial charge < -0.3 is 49.1 Å². The fourth-order valence-electron chi connectivity index (χ4n) is 7.83. The molecule has 0 bridgehead atoms. The van der Waals surface area contributed by atoms with Gasteiger partial charge in [-0.3, -0.25) is 9.59 Å². The Bertz CT molecular complexity index is 2380. The highest BCUT2D eigenvalue weighted by atomic mass is 16.6. The summed E-state index contributed by atoms with van der Waals surface area (Å²) in [5.74, 6) is -1.82. The zero-order valence-electron chi connectivity index (χ0n) is 41.0. The van der Waals surface area contributed by atoms with Crippen LogP contribution in [0.2, 0.25) is 0 Å². The number of esters is 1. The highest BCUT2D eigenvalue weighted by Crippen LogP contribution is 2.38. The monoisotopic (exact) mass is 957 g/mol. The zero-order valence-corrected chi connectivity index (χ0v) is 41.0. The molecule has 0 unspecified atom stereocenters. The molecule has 0 spiro atoms. The van der Waals surface area contributed by atoms with Gasteiger partial charge in [-0.2, -0.15) is 0 Å². The quantitative estimate of drug-likeness (QED) is 0.0568. The van der Waals surface area contributed by atoms with Gasteiger partial charge in [-0.15, -0.1) is 0 Å². The zero-order chi connectivity index (χ0) is 50.0. The molecule has 1 heterocycles. The lowest BCUT2D eigenvalue weighted by molar-refractivity contribution is -0.313. The van der Waals surface area contributed by atoms with E-state index in [-0.39, 0.29) is 46.0 Å². The lowest BCUT2D eigenvalue weighted by Crippen LogP contribution is -2.73. The van der Waals surface area contributed by atoms with Crippen LogP contribution in [0.1, 0.15) is 87.0 Å². The van der Waals surface area contributed by atoms with Crippen LogP contribution in [-0.2, 0) is 69.2 Å². The maximum absolute atomic E-state index is 14.7. The Kier molecular flexibility index (Phi) is 19.2. The van der Waals surface area contributed by atoms with Gasteiger partial charge in [0, 0.05) is 12.1 Å². The van der Waals surface area contributed by atoms with Crippen molar-refractivity contribution >= 4 is 23.9 Å². The summed E-state index contributed by atoms with van der Waals surface area (Å²) >= 11 is 0. The number of benzene rings is 5. The van der Waals surface area contributed by atoms with Crippen molar-refractivity contribution < 1.29 is 52.3 Å². The second kappa shape index (κ2) is 25.4. The molecule has 1 fully saturated rings. The number of nitrogens with one attached hydrogen (secondary N) is 3. The van der Waals surface area contributed by atoms with Crippen LogP contribution in [0, 0.1) is 0 Å². The largest absolute Gasteiger partial charge is 0.458 e. The molecule has 5 aromatic rings. The Morgan fingerprint density at radius 2 is 1.04 bits per heavy atom. The maximum atomic E-state index is 14.7. The second-order valence-electron chi connectivity index (χ2n) is 19.2. The van der Waals surface area contributed by atoms with Crippen LogP contribution < -0.4 is 16.0 Å². The summed E-state index contributed by atoms with van der Waals surface area (Å²) in [5.41, 5.74) is 0.163. The molecule has 14 nitrogen and oxygen atoms in total. The molecule has 1 aliphatic rings. The molecule has 70 heavy (non-hydrogen) atoms. The summed E-state index contributed by atoms with van der Waals surface area (Å²) in [7, 11) is 0. The molecule has 5 aromatic carbocycles. The number of rotatable bonds is 22. The van der Waals surface area contributed by atoms with Crippen LogP contribution in [-0.4, -0.2) is 84.4 Å². The maximum Gasteiger partial charge on any atom is 0.408 e. The van der Waals surface area contributed by atoms with Gasteiger partial charge in [-0.05, 0) is 82.3 Å². The summed E-state index contributed by atoms with van der Waals surface area (Å²) in [6, 6.07) is 46.0. The Labute approximate surface area is 411 Å². The Hall–Kier alpha value is -6.42. The van der Waals surface area contributed by atoms with E-state index in [0.29, 0.717) is 5.56 Å². The van der Waals surface area contributed by atoms with Crippen LogP contribution in [0.15, 0.2) is 152 Å². The molecule has 1 saturated heterocycles. The highest BCUT2D eigenvalue weighted by Gasteiger charge is 2.58. The third kappa shape index (κ3) is 16.9. The fraction of sp³-hybridized carbons (Fsp3) is 0.393. The summed E-state index contributed by atoms with van der Waals surface area (Å²) in [4.78, 5) is 55.7. The van der Waals surface area contributed by atoms with Gasteiger partial charge in [-0.25, -0.2) is 9.59 Å². The fourth-order valence-corrected chi connectivity index (χ4v) is 7.83. The Morgan fingerprint density at radius 1 is 0.586 bits per heavy atom. The third-order valence-electron chi connectivity index (χ3n) is 11.0. The average molecular weight is 958 g/mol. The van der Waals surface area contributed by atoms with E-state index in [4.69, 9.17) is 33.2 Å². The van der Waals surface area contributed by atoms with Crippen molar-refractivity contribution in [3.63, 3.8) is 0 Å². The molecule has 0 aromatic heterocycles. The number of hydrogen-bond acceptors (Lipinski definition) is 11. The van der Waals surface area contributed by atoms with E-state index < -0.39 is 77.7 Å². The number of carbonyl (C=O) groups excluding carboxylic acids is 4.